The fourth-order valence-corrected chi connectivity index (χ4v) is 4.90. The van der Waals surface area contributed by atoms with Crippen LogP contribution in [0.15, 0.2) is 18.2 Å². The number of carboxylic acid groups (broad SMARTS) is 1. The van der Waals surface area contributed by atoms with Crippen molar-refractivity contribution < 1.29 is 32.7 Å². The predicted octanol–water partition coefficient (Wildman–Crippen LogP) is 2.83. The molecule has 1 aromatic carbocycles. The van der Waals surface area contributed by atoms with Gasteiger partial charge in [0.2, 0.25) is 5.91 Å². The number of hydrogen-bond acceptors (Lipinski definition) is 7. The van der Waals surface area contributed by atoms with Gasteiger partial charge in [0.05, 0.1) is 34.1 Å². The van der Waals surface area contributed by atoms with Gasteiger partial charge in [0.1, 0.15) is 6.04 Å². The molecular weight excluding hydrogens is 534 g/mol. The normalized spacial score (nSPS) is 18.6. The minimum atomic E-state index is -5.08. The highest BCUT2D eigenvalue weighted by Gasteiger charge is 2.38. The fourth-order valence-electron chi connectivity index (χ4n) is 3.41. The lowest BCUT2D eigenvalue weighted by molar-refractivity contribution is -0.192. The number of nitrogens with zero attached hydrogens (tertiary/aromatic N) is 4. The number of benzene rings is 1. The van der Waals surface area contributed by atoms with Crippen molar-refractivity contribution in [3.63, 3.8) is 0 Å². The molecule has 9 nitrogen and oxygen atoms in total. The number of carboxylic acids is 1. The van der Waals surface area contributed by atoms with Gasteiger partial charge in [0.15, 0.2) is 0 Å². The van der Waals surface area contributed by atoms with E-state index >= 15 is 0 Å². The van der Waals surface area contributed by atoms with Crippen molar-refractivity contribution in [2.45, 2.75) is 31.1 Å². The molecular formula is C20H22Cl2F3N5O4S. The van der Waals surface area contributed by atoms with Gasteiger partial charge in [-0.1, -0.05) is 29.3 Å². The zero-order valence-electron chi connectivity index (χ0n) is 18.2. The summed E-state index contributed by atoms with van der Waals surface area (Å²) < 4.78 is 31.7. The van der Waals surface area contributed by atoms with E-state index in [0.29, 0.717) is 48.1 Å². The zero-order valence-corrected chi connectivity index (χ0v) is 20.5. The maximum atomic E-state index is 12.7. The number of thioether (sulfide) groups is 1. The van der Waals surface area contributed by atoms with Crippen LogP contribution in [0, 0.1) is 11.3 Å². The van der Waals surface area contributed by atoms with E-state index in [1.54, 1.807) is 39.8 Å². The summed E-state index contributed by atoms with van der Waals surface area (Å²) in [6, 6.07) is 6.78. The van der Waals surface area contributed by atoms with Crippen molar-refractivity contribution in [1.29, 1.82) is 5.26 Å². The number of nitriles is 1. The lowest BCUT2D eigenvalue weighted by Gasteiger charge is -2.36. The summed E-state index contributed by atoms with van der Waals surface area (Å²) in [5, 5.41) is 18.4. The second kappa shape index (κ2) is 12.6. The maximum Gasteiger partial charge on any atom is 0.490 e. The van der Waals surface area contributed by atoms with E-state index in [2.05, 4.69) is 6.07 Å². The summed E-state index contributed by atoms with van der Waals surface area (Å²) >= 11 is 13.7. The van der Waals surface area contributed by atoms with Gasteiger partial charge >= 0.3 is 12.1 Å². The van der Waals surface area contributed by atoms with Crippen molar-refractivity contribution in [2.24, 2.45) is 5.84 Å². The Labute approximate surface area is 213 Å². The molecule has 2 fully saturated rings. The Morgan fingerprint density at radius 3 is 2.40 bits per heavy atom. The number of alkyl halides is 3. The van der Waals surface area contributed by atoms with E-state index < -0.39 is 12.1 Å². The number of rotatable bonds is 4. The fraction of sp³-hybridized carbons (Fsp3) is 0.500. The van der Waals surface area contributed by atoms with Crippen molar-refractivity contribution in [3.8, 4) is 6.07 Å². The number of amides is 2. The van der Waals surface area contributed by atoms with Crippen LogP contribution in [0.2, 0.25) is 10.0 Å². The third-order valence-electron chi connectivity index (χ3n) is 5.31. The van der Waals surface area contributed by atoms with Gasteiger partial charge in [-0.05, 0) is 25.0 Å². The van der Waals surface area contributed by atoms with Gasteiger partial charge in [-0.2, -0.15) is 18.4 Å². The van der Waals surface area contributed by atoms with Gasteiger partial charge in [-0.15, -0.1) is 11.8 Å². The van der Waals surface area contributed by atoms with Crippen LogP contribution in [0.25, 0.3) is 0 Å². The van der Waals surface area contributed by atoms with Crippen molar-refractivity contribution in [3.05, 3.63) is 33.8 Å². The molecule has 0 saturated carbocycles. The Bertz CT molecular complexity index is 986. The average molecular weight is 556 g/mol. The van der Waals surface area contributed by atoms with Crippen LogP contribution in [0.4, 0.5) is 13.2 Å². The van der Waals surface area contributed by atoms with Crippen LogP contribution >= 0.6 is 35.0 Å². The number of hydrazine groups is 1. The van der Waals surface area contributed by atoms with Crippen LogP contribution in [-0.4, -0.2) is 87.2 Å². The Morgan fingerprint density at radius 1 is 1.26 bits per heavy atom. The Hall–Kier alpha value is -2.24. The molecule has 2 aliphatic rings. The Morgan fingerprint density at radius 2 is 1.86 bits per heavy atom. The molecule has 2 amide bonds. The molecule has 3 N–H and O–H groups in total. The van der Waals surface area contributed by atoms with Crippen LogP contribution in [0.1, 0.15) is 23.2 Å². The highest BCUT2D eigenvalue weighted by molar-refractivity contribution is 7.99. The maximum absolute atomic E-state index is 12.7. The molecule has 3 rings (SSSR count). The van der Waals surface area contributed by atoms with E-state index in [0.717, 1.165) is 0 Å². The number of halogens is 5. The number of hydrogen-bond donors (Lipinski definition) is 2. The lowest BCUT2D eigenvalue weighted by atomic mass is 10.0. The van der Waals surface area contributed by atoms with Crippen LogP contribution in [0.3, 0.4) is 0 Å². The Kier molecular flexibility index (Phi) is 10.5. The molecule has 0 spiro atoms. The number of likely N-dealkylation sites (tertiary alicyclic amines) is 1. The number of carbonyl (C=O) groups is 3. The molecule has 0 aliphatic carbocycles. The molecule has 0 aromatic heterocycles. The molecule has 1 unspecified atom stereocenters. The first kappa shape index (κ1) is 29.0. The molecule has 192 valence electrons. The monoisotopic (exact) mass is 555 g/mol. The molecule has 0 radical (unpaired) electrons. The first-order valence-electron chi connectivity index (χ1n) is 10.2. The standard InChI is InChI=1S/C18H21Cl2N5O2S.C2HF3O2/c19-15-3-1-2-14(17(15)20)18(27)23-6-4-12(5-7-23)25(22)9-16(26)24-11-28-10-13(24)8-21;3-2(4,5)1(6)7/h1-3,12-13H,4-7,9-11,22H2;(H,6,7). The van der Waals surface area contributed by atoms with E-state index in [1.807, 2.05) is 0 Å². The largest absolute Gasteiger partial charge is 0.490 e. The Balaban J connectivity index is 0.000000540. The minimum Gasteiger partial charge on any atom is -0.475 e. The highest BCUT2D eigenvalue weighted by atomic mass is 35.5. The van der Waals surface area contributed by atoms with Crippen molar-refractivity contribution >= 4 is 52.7 Å². The second-order valence-corrected chi connectivity index (χ2v) is 9.39. The second-order valence-electron chi connectivity index (χ2n) is 7.61. The molecule has 1 aromatic rings. The predicted molar refractivity (Wildman–Crippen MR) is 124 cm³/mol. The highest BCUT2D eigenvalue weighted by Crippen LogP contribution is 2.28. The molecule has 35 heavy (non-hydrogen) atoms. The van der Waals surface area contributed by atoms with E-state index in [1.165, 1.54) is 5.01 Å². The van der Waals surface area contributed by atoms with Crippen LogP contribution in [-0.2, 0) is 9.59 Å². The van der Waals surface area contributed by atoms with Gasteiger partial charge in [0, 0.05) is 24.9 Å². The number of aliphatic carboxylic acids is 1. The van der Waals surface area contributed by atoms with Gasteiger partial charge in [0.25, 0.3) is 5.91 Å². The summed E-state index contributed by atoms with van der Waals surface area (Å²) in [4.78, 5) is 37.4. The first-order chi connectivity index (χ1) is 16.4. The van der Waals surface area contributed by atoms with Crippen LogP contribution in [0.5, 0.6) is 0 Å². The number of carbonyl (C=O) groups excluding carboxylic acids is 2. The van der Waals surface area contributed by atoms with Gasteiger partial charge < -0.3 is 14.9 Å². The lowest BCUT2D eigenvalue weighted by Crippen LogP contribution is -2.53. The average Bonchev–Trinajstić information content (AvgIpc) is 3.29. The van der Waals surface area contributed by atoms with E-state index in [-0.39, 0.29) is 35.5 Å². The van der Waals surface area contributed by atoms with Gasteiger partial charge in [-0.25, -0.2) is 9.80 Å². The number of nitrogens with two attached hydrogens (primary N) is 1. The third kappa shape index (κ3) is 7.88. The summed E-state index contributed by atoms with van der Waals surface area (Å²) in [6.07, 6.45) is -3.77. The van der Waals surface area contributed by atoms with Crippen LogP contribution < -0.4 is 5.84 Å². The summed E-state index contributed by atoms with van der Waals surface area (Å²) in [5.41, 5.74) is 0.390. The molecule has 2 heterocycles. The molecule has 2 saturated heterocycles. The van der Waals surface area contributed by atoms with Crippen molar-refractivity contribution in [1.82, 2.24) is 14.8 Å². The van der Waals surface area contributed by atoms with Gasteiger partial charge in [-0.3, -0.25) is 15.4 Å². The molecule has 15 heteroatoms. The smallest absolute Gasteiger partial charge is 0.475 e. The summed E-state index contributed by atoms with van der Waals surface area (Å²) in [5.74, 6) is 4.25. The van der Waals surface area contributed by atoms with E-state index in [9.17, 15) is 22.8 Å². The molecule has 1 atom stereocenters. The topological polar surface area (TPSA) is 131 Å². The summed E-state index contributed by atoms with van der Waals surface area (Å²) in [7, 11) is 0. The SMILES string of the molecule is N#CC1CSCN1C(=O)CN(N)C1CCN(C(=O)c2cccc(Cl)c2Cl)CC1.O=C(O)C(F)(F)F. The summed E-state index contributed by atoms with van der Waals surface area (Å²) in [6.45, 7) is 1.11. The number of piperidine rings is 1. The molecule has 0 bridgehead atoms. The zero-order chi connectivity index (χ0) is 26.3. The first-order valence-corrected chi connectivity index (χ1v) is 12.1. The van der Waals surface area contributed by atoms with Crippen molar-refractivity contribution in [2.75, 3.05) is 31.3 Å². The molecule has 2 aliphatic heterocycles. The van der Waals surface area contributed by atoms with E-state index in [4.69, 9.17) is 44.2 Å². The quantitative estimate of drug-likeness (QED) is 0.428. The minimum absolute atomic E-state index is 0.00127. The third-order valence-corrected chi connectivity index (χ3v) is 7.15.